The van der Waals surface area contributed by atoms with Gasteiger partial charge in [-0.1, -0.05) is 12.1 Å². The minimum atomic E-state index is 0.770. The molecule has 0 saturated carbocycles. The molecule has 1 N–H and O–H groups in total. The van der Waals surface area contributed by atoms with E-state index in [0.717, 1.165) is 12.6 Å². The molecule has 0 bridgehead atoms. The number of hydrogen-bond acceptors (Lipinski definition) is 4. The van der Waals surface area contributed by atoms with E-state index >= 15 is 0 Å². The predicted octanol–water partition coefficient (Wildman–Crippen LogP) is 1.35. The molecule has 2 aromatic rings. The molecular formula is C18H25N5. The van der Waals surface area contributed by atoms with Crippen LogP contribution < -0.4 is 5.32 Å². The van der Waals surface area contributed by atoms with Gasteiger partial charge in [0.25, 0.3) is 0 Å². The van der Waals surface area contributed by atoms with Crippen molar-refractivity contribution >= 4 is 0 Å². The second-order valence-corrected chi connectivity index (χ2v) is 6.60. The molecule has 0 amide bonds. The average Bonchev–Trinajstić information content (AvgIpc) is 3.30. The van der Waals surface area contributed by atoms with Crippen molar-refractivity contribution in [3.05, 3.63) is 48.5 Å². The van der Waals surface area contributed by atoms with E-state index in [1.807, 2.05) is 23.3 Å². The molecule has 1 aromatic heterocycles. The smallest absolute Gasteiger partial charge is 0.0991 e. The van der Waals surface area contributed by atoms with Gasteiger partial charge in [0, 0.05) is 63.4 Å². The molecule has 2 aliphatic rings. The molecule has 2 saturated heterocycles. The van der Waals surface area contributed by atoms with Gasteiger partial charge in [0.15, 0.2) is 0 Å². The molecule has 2 fully saturated rings. The van der Waals surface area contributed by atoms with Crippen LogP contribution in [0.2, 0.25) is 0 Å². The Bertz CT molecular complexity index is 593. The van der Waals surface area contributed by atoms with Crippen LogP contribution in [-0.4, -0.2) is 64.7 Å². The maximum Gasteiger partial charge on any atom is 0.0991 e. The molecule has 0 radical (unpaired) electrons. The first kappa shape index (κ1) is 14.9. The summed E-state index contributed by atoms with van der Waals surface area (Å²) in [7, 11) is 0. The topological polar surface area (TPSA) is 36.3 Å². The Morgan fingerprint density at radius 3 is 2.57 bits per heavy atom. The zero-order valence-corrected chi connectivity index (χ0v) is 13.6. The summed E-state index contributed by atoms with van der Waals surface area (Å²) in [5.74, 6) is 0. The first-order valence-corrected chi connectivity index (χ1v) is 8.63. The van der Waals surface area contributed by atoms with Gasteiger partial charge in [-0.15, -0.1) is 0 Å². The van der Waals surface area contributed by atoms with Gasteiger partial charge in [-0.25, -0.2) is 4.98 Å². The van der Waals surface area contributed by atoms with Crippen molar-refractivity contribution < 1.29 is 0 Å². The number of piperazine rings is 1. The van der Waals surface area contributed by atoms with Crippen LogP contribution in [0.15, 0.2) is 43.0 Å². The van der Waals surface area contributed by atoms with Crippen molar-refractivity contribution in [3.8, 4) is 5.69 Å². The number of benzene rings is 1. The fraction of sp³-hybridized carbons (Fsp3) is 0.500. The second kappa shape index (κ2) is 6.83. The molecule has 0 aliphatic carbocycles. The number of aromatic nitrogens is 2. The molecule has 0 spiro atoms. The van der Waals surface area contributed by atoms with Gasteiger partial charge in [0.2, 0.25) is 0 Å². The largest absolute Gasteiger partial charge is 0.315 e. The lowest BCUT2D eigenvalue weighted by atomic mass is 10.1. The summed E-state index contributed by atoms with van der Waals surface area (Å²) >= 11 is 0. The van der Waals surface area contributed by atoms with Gasteiger partial charge in [0.1, 0.15) is 0 Å². The quantitative estimate of drug-likeness (QED) is 0.925. The van der Waals surface area contributed by atoms with Crippen molar-refractivity contribution in [2.45, 2.75) is 19.0 Å². The minimum Gasteiger partial charge on any atom is -0.315 e. The summed E-state index contributed by atoms with van der Waals surface area (Å²) in [5.41, 5.74) is 2.56. The molecule has 5 nitrogen and oxygen atoms in total. The molecule has 2 aliphatic heterocycles. The number of hydrogen-bond donors (Lipinski definition) is 1. The van der Waals surface area contributed by atoms with E-state index in [1.54, 1.807) is 0 Å². The van der Waals surface area contributed by atoms with E-state index < -0.39 is 0 Å². The van der Waals surface area contributed by atoms with Gasteiger partial charge in [-0.3, -0.25) is 9.80 Å². The number of rotatable bonds is 4. The third-order valence-electron chi connectivity index (χ3n) is 5.10. The van der Waals surface area contributed by atoms with Crippen LogP contribution in [0.5, 0.6) is 0 Å². The Labute approximate surface area is 137 Å². The van der Waals surface area contributed by atoms with Crippen molar-refractivity contribution in [2.75, 3.05) is 39.3 Å². The fourth-order valence-corrected chi connectivity index (χ4v) is 3.68. The molecule has 1 atom stereocenters. The van der Waals surface area contributed by atoms with Crippen LogP contribution in [0, 0.1) is 0 Å². The highest BCUT2D eigenvalue weighted by atomic mass is 15.3. The molecule has 1 unspecified atom stereocenters. The lowest BCUT2D eigenvalue weighted by Gasteiger charge is -2.37. The van der Waals surface area contributed by atoms with E-state index in [0.29, 0.717) is 0 Å². The third-order valence-corrected chi connectivity index (χ3v) is 5.10. The van der Waals surface area contributed by atoms with Gasteiger partial charge in [-0.2, -0.15) is 0 Å². The first-order valence-electron chi connectivity index (χ1n) is 8.63. The van der Waals surface area contributed by atoms with Gasteiger partial charge < -0.3 is 9.88 Å². The number of nitrogens with zero attached hydrogens (tertiary/aromatic N) is 4. The number of imidazole rings is 1. The summed E-state index contributed by atoms with van der Waals surface area (Å²) in [6, 6.07) is 9.60. The standard InChI is InChI=1S/C18H25N5/c1-3-17(23-8-7-20-15-23)4-2-16(1)14-21-9-11-22(12-10-21)18-5-6-19-13-18/h1-4,7-8,15,18-19H,5-6,9-14H2. The SMILES string of the molecule is c1cn(-c2ccc(CN3CCN(C4CCNC4)CC3)cc2)cn1. The van der Waals surface area contributed by atoms with E-state index in [-0.39, 0.29) is 0 Å². The molecule has 4 rings (SSSR count). The Hall–Kier alpha value is -1.69. The molecule has 1 aromatic carbocycles. The van der Waals surface area contributed by atoms with Crippen molar-refractivity contribution in [1.82, 2.24) is 24.7 Å². The fourth-order valence-electron chi connectivity index (χ4n) is 3.68. The molecule has 5 heteroatoms. The summed E-state index contributed by atoms with van der Waals surface area (Å²) in [6.07, 6.45) is 6.95. The van der Waals surface area contributed by atoms with E-state index in [1.165, 1.54) is 56.9 Å². The van der Waals surface area contributed by atoms with E-state index in [4.69, 9.17) is 0 Å². The van der Waals surface area contributed by atoms with E-state index in [9.17, 15) is 0 Å². The van der Waals surface area contributed by atoms with Crippen molar-refractivity contribution in [1.29, 1.82) is 0 Å². The van der Waals surface area contributed by atoms with Gasteiger partial charge in [-0.05, 0) is 30.7 Å². The lowest BCUT2D eigenvalue weighted by molar-refractivity contribution is 0.0981. The van der Waals surface area contributed by atoms with E-state index in [2.05, 4.69) is 44.4 Å². The zero-order valence-electron chi connectivity index (χ0n) is 13.6. The zero-order chi connectivity index (χ0) is 15.5. The maximum atomic E-state index is 4.10. The first-order chi connectivity index (χ1) is 11.4. The normalized spacial score (nSPS) is 23.4. The Balaban J connectivity index is 1.31. The Morgan fingerprint density at radius 2 is 1.91 bits per heavy atom. The molecule has 23 heavy (non-hydrogen) atoms. The predicted molar refractivity (Wildman–Crippen MR) is 91.7 cm³/mol. The summed E-state index contributed by atoms with van der Waals surface area (Å²) in [5, 5.41) is 3.48. The van der Waals surface area contributed by atoms with Crippen LogP contribution in [0.4, 0.5) is 0 Å². The van der Waals surface area contributed by atoms with Crippen LogP contribution in [0.25, 0.3) is 5.69 Å². The third kappa shape index (κ3) is 3.47. The van der Waals surface area contributed by atoms with Crippen LogP contribution in [0.3, 0.4) is 0 Å². The maximum absolute atomic E-state index is 4.10. The monoisotopic (exact) mass is 311 g/mol. The average molecular weight is 311 g/mol. The molecule has 122 valence electrons. The number of nitrogens with one attached hydrogen (secondary N) is 1. The van der Waals surface area contributed by atoms with Gasteiger partial charge in [0.05, 0.1) is 6.33 Å². The van der Waals surface area contributed by atoms with Gasteiger partial charge >= 0.3 is 0 Å². The lowest BCUT2D eigenvalue weighted by Crippen LogP contribution is -2.50. The van der Waals surface area contributed by atoms with Crippen LogP contribution >= 0.6 is 0 Å². The summed E-state index contributed by atoms with van der Waals surface area (Å²) in [4.78, 5) is 9.34. The minimum absolute atomic E-state index is 0.770. The Kier molecular flexibility index (Phi) is 4.41. The van der Waals surface area contributed by atoms with Crippen LogP contribution in [0.1, 0.15) is 12.0 Å². The Morgan fingerprint density at radius 1 is 1.09 bits per heavy atom. The summed E-state index contributed by atoms with van der Waals surface area (Å²) in [6.45, 7) is 8.20. The molecule has 3 heterocycles. The highest BCUT2D eigenvalue weighted by Gasteiger charge is 2.25. The van der Waals surface area contributed by atoms with Crippen LogP contribution in [-0.2, 0) is 6.54 Å². The molecular weight excluding hydrogens is 286 g/mol. The second-order valence-electron chi connectivity index (χ2n) is 6.60. The van der Waals surface area contributed by atoms with Crippen molar-refractivity contribution in [3.63, 3.8) is 0 Å². The van der Waals surface area contributed by atoms with Crippen molar-refractivity contribution in [2.24, 2.45) is 0 Å². The summed E-state index contributed by atoms with van der Waals surface area (Å²) < 4.78 is 2.04. The highest BCUT2D eigenvalue weighted by Crippen LogP contribution is 2.15. The highest BCUT2D eigenvalue weighted by molar-refractivity contribution is 5.34.